The minimum atomic E-state index is -0.703. The molecule has 1 aliphatic heterocycles. The molecule has 1 heterocycles. The van der Waals surface area contributed by atoms with Crippen LogP contribution in [0.4, 0.5) is 0 Å². The van der Waals surface area contributed by atoms with Crippen molar-refractivity contribution < 1.29 is 28.4 Å². The van der Waals surface area contributed by atoms with Gasteiger partial charge in [-0.25, -0.2) is 0 Å². The van der Waals surface area contributed by atoms with E-state index in [2.05, 4.69) is 15.9 Å². The molecule has 0 N–H and O–H groups in total. The van der Waals surface area contributed by atoms with Gasteiger partial charge in [-0.2, -0.15) is 0 Å². The van der Waals surface area contributed by atoms with Gasteiger partial charge in [0, 0.05) is 16.6 Å². The number of hydrogen-bond donors (Lipinski definition) is 0. The largest absolute Gasteiger partial charge is 0.374 e. The molecule has 2 unspecified atom stereocenters. The van der Waals surface area contributed by atoms with Gasteiger partial charge in [0.2, 0.25) is 0 Å². The zero-order valence-corrected chi connectivity index (χ0v) is 26.4. The minimum Gasteiger partial charge on any atom is -0.374 e. The van der Waals surface area contributed by atoms with Crippen LogP contribution in [0.1, 0.15) is 22.3 Å². The normalized spacial score (nSPS) is 22.0. The lowest BCUT2D eigenvalue weighted by molar-refractivity contribution is -0.323. The van der Waals surface area contributed by atoms with E-state index in [0.29, 0.717) is 31.5 Å². The average molecular weight is 668 g/mol. The predicted molar refractivity (Wildman–Crippen MR) is 170 cm³/mol. The van der Waals surface area contributed by atoms with Gasteiger partial charge >= 0.3 is 0 Å². The second-order valence-electron chi connectivity index (χ2n) is 10.3. The minimum absolute atomic E-state index is 0.282. The highest BCUT2D eigenvalue weighted by molar-refractivity contribution is 9.10. The molecule has 0 amide bonds. The van der Waals surface area contributed by atoms with Crippen LogP contribution < -0.4 is 0 Å². The van der Waals surface area contributed by atoms with Crippen LogP contribution in [0.2, 0.25) is 5.02 Å². The quantitative estimate of drug-likeness (QED) is 0.137. The van der Waals surface area contributed by atoms with Crippen molar-refractivity contribution in [3.05, 3.63) is 141 Å². The molecule has 226 valence electrons. The number of halogens is 2. The highest BCUT2D eigenvalue weighted by Crippen LogP contribution is 2.31. The fraction of sp³-hybridized carbons (Fsp3) is 0.314. The summed E-state index contributed by atoms with van der Waals surface area (Å²) in [5, 5.41) is 0.670. The van der Waals surface area contributed by atoms with E-state index in [1.54, 1.807) is 7.11 Å². The van der Waals surface area contributed by atoms with E-state index >= 15 is 0 Å². The van der Waals surface area contributed by atoms with Crippen LogP contribution in [-0.2, 0) is 54.8 Å². The molecular formula is C35H36BrClO6. The fourth-order valence-corrected chi connectivity index (χ4v) is 5.34. The Balaban J connectivity index is 1.38. The summed E-state index contributed by atoms with van der Waals surface area (Å²) in [6, 6.07) is 35.7. The molecule has 5 rings (SSSR count). The number of hydrogen-bond acceptors (Lipinski definition) is 6. The van der Waals surface area contributed by atoms with E-state index in [1.807, 2.05) is 109 Å². The Morgan fingerprint density at radius 2 is 1.09 bits per heavy atom. The Bertz CT molecular complexity index is 1360. The third-order valence-electron chi connectivity index (χ3n) is 7.21. The van der Waals surface area contributed by atoms with Gasteiger partial charge in [-0.3, -0.25) is 0 Å². The first-order valence-electron chi connectivity index (χ1n) is 14.3. The average Bonchev–Trinajstić information content (AvgIpc) is 3.05. The maximum absolute atomic E-state index is 6.64. The molecule has 6 nitrogen and oxygen atoms in total. The van der Waals surface area contributed by atoms with Gasteiger partial charge in [0.1, 0.15) is 24.4 Å². The van der Waals surface area contributed by atoms with Gasteiger partial charge < -0.3 is 28.4 Å². The Labute approximate surface area is 266 Å². The first-order valence-corrected chi connectivity index (χ1v) is 15.4. The molecule has 1 aliphatic rings. The Morgan fingerprint density at radius 3 is 1.67 bits per heavy atom. The fourth-order valence-electron chi connectivity index (χ4n) is 4.95. The maximum Gasteiger partial charge on any atom is 0.186 e. The van der Waals surface area contributed by atoms with Crippen molar-refractivity contribution in [2.45, 2.75) is 57.1 Å². The molecule has 5 atom stereocenters. The van der Waals surface area contributed by atoms with Crippen molar-refractivity contribution in [1.29, 1.82) is 0 Å². The van der Waals surface area contributed by atoms with E-state index in [4.69, 9.17) is 40.0 Å². The van der Waals surface area contributed by atoms with Crippen LogP contribution >= 0.6 is 27.5 Å². The molecular weight excluding hydrogens is 632 g/mol. The third kappa shape index (κ3) is 9.45. The summed E-state index contributed by atoms with van der Waals surface area (Å²) >= 11 is 9.59. The Morgan fingerprint density at radius 1 is 0.605 bits per heavy atom. The summed E-state index contributed by atoms with van der Waals surface area (Å²) in [7, 11) is 1.61. The van der Waals surface area contributed by atoms with Crippen LogP contribution in [0.15, 0.2) is 114 Å². The van der Waals surface area contributed by atoms with Crippen molar-refractivity contribution in [1.82, 2.24) is 0 Å². The number of benzene rings is 4. The predicted octanol–water partition coefficient (Wildman–Crippen LogP) is 7.75. The molecule has 8 heteroatoms. The van der Waals surface area contributed by atoms with Crippen LogP contribution in [0.25, 0.3) is 0 Å². The Hall–Kier alpha value is -2.59. The number of ether oxygens (including phenoxy) is 6. The van der Waals surface area contributed by atoms with Gasteiger partial charge in [0.25, 0.3) is 0 Å². The molecule has 1 fully saturated rings. The number of rotatable bonds is 14. The molecule has 0 aliphatic carbocycles. The summed E-state index contributed by atoms with van der Waals surface area (Å²) < 4.78 is 39.3. The molecule has 0 radical (unpaired) electrons. The van der Waals surface area contributed by atoms with E-state index in [9.17, 15) is 0 Å². The zero-order valence-electron chi connectivity index (χ0n) is 24.0. The first-order chi connectivity index (χ1) is 21.1. The lowest BCUT2D eigenvalue weighted by atomic mass is 9.97. The van der Waals surface area contributed by atoms with Crippen molar-refractivity contribution in [2.75, 3.05) is 13.7 Å². The SMILES string of the molecule is CO[C@@H]1OC(COCc2ccc(Br)cc2)[C@H](OCc2ccccc2)[C@H](OCc2ccccc2)C1OCc1ccc(Cl)cc1. The van der Waals surface area contributed by atoms with Crippen molar-refractivity contribution in [2.24, 2.45) is 0 Å². The van der Waals surface area contributed by atoms with Gasteiger partial charge in [0.15, 0.2) is 6.29 Å². The Kier molecular flexibility index (Phi) is 12.2. The van der Waals surface area contributed by atoms with E-state index in [1.165, 1.54) is 0 Å². The number of methoxy groups -OCH3 is 1. The maximum atomic E-state index is 6.64. The van der Waals surface area contributed by atoms with Crippen molar-refractivity contribution in [3.63, 3.8) is 0 Å². The van der Waals surface area contributed by atoms with Gasteiger partial charge in [0.05, 0.1) is 33.0 Å². The van der Waals surface area contributed by atoms with E-state index in [0.717, 1.165) is 26.7 Å². The summed E-state index contributed by atoms with van der Waals surface area (Å²) in [6.45, 7) is 1.80. The van der Waals surface area contributed by atoms with Crippen LogP contribution in [-0.4, -0.2) is 44.4 Å². The first kappa shape index (κ1) is 31.8. The molecule has 0 saturated carbocycles. The third-order valence-corrected chi connectivity index (χ3v) is 7.99. The second kappa shape index (κ2) is 16.5. The highest BCUT2D eigenvalue weighted by atomic mass is 79.9. The lowest BCUT2D eigenvalue weighted by Gasteiger charge is -2.45. The molecule has 0 spiro atoms. The summed E-state index contributed by atoms with van der Waals surface area (Å²) in [5.41, 5.74) is 4.13. The van der Waals surface area contributed by atoms with Crippen LogP contribution in [0.5, 0.6) is 0 Å². The van der Waals surface area contributed by atoms with Gasteiger partial charge in [-0.05, 0) is 46.5 Å². The van der Waals surface area contributed by atoms with Crippen molar-refractivity contribution in [3.8, 4) is 0 Å². The van der Waals surface area contributed by atoms with E-state index < -0.39 is 30.7 Å². The smallest absolute Gasteiger partial charge is 0.186 e. The standard InChI is InChI=1S/C35H36BrClO6/c1-38-35-34(42-23-28-14-18-30(37)19-15-28)33(41-22-26-10-6-3-7-11-26)32(40-21-25-8-4-2-5-9-25)31(43-35)24-39-20-27-12-16-29(36)17-13-27/h2-19,31-35H,20-24H2,1H3/t31?,32-,33-,34?,35+/m0/s1. The molecule has 43 heavy (non-hydrogen) atoms. The van der Waals surface area contributed by atoms with Gasteiger partial charge in [-0.1, -0.05) is 112 Å². The van der Waals surface area contributed by atoms with Gasteiger partial charge in [-0.15, -0.1) is 0 Å². The topological polar surface area (TPSA) is 55.4 Å². The summed E-state index contributed by atoms with van der Waals surface area (Å²) in [4.78, 5) is 0. The highest BCUT2D eigenvalue weighted by Gasteiger charge is 2.48. The van der Waals surface area contributed by atoms with Crippen LogP contribution in [0.3, 0.4) is 0 Å². The second-order valence-corrected chi connectivity index (χ2v) is 11.7. The van der Waals surface area contributed by atoms with Crippen LogP contribution in [0, 0.1) is 0 Å². The lowest BCUT2D eigenvalue weighted by Crippen LogP contribution is -2.61. The monoisotopic (exact) mass is 666 g/mol. The van der Waals surface area contributed by atoms with E-state index in [-0.39, 0.29) is 6.61 Å². The molecule has 1 saturated heterocycles. The van der Waals surface area contributed by atoms with Crippen molar-refractivity contribution >= 4 is 27.5 Å². The summed E-state index contributed by atoms with van der Waals surface area (Å²) in [5.74, 6) is 0. The molecule has 4 aromatic carbocycles. The summed E-state index contributed by atoms with van der Waals surface area (Å²) in [6.07, 6.45) is -2.77. The molecule has 4 aromatic rings. The zero-order chi connectivity index (χ0) is 29.9. The molecule has 0 bridgehead atoms. The molecule has 0 aromatic heterocycles.